The molecule has 0 aromatic heterocycles. The van der Waals surface area contributed by atoms with Gasteiger partial charge in [0, 0.05) is 24.7 Å². The van der Waals surface area contributed by atoms with Crippen LogP contribution in [0.5, 0.6) is 5.75 Å². The summed E-state index contributed by atoms with van der Waals surface area (Å²) < 4.78 is 11.4. The van der Waals surface area contributed by atoms with Gasteiger partial charge in [0.1, 0.15) is 11.9 Å². The molecule has 2 fully saturated rings. The number of nitrogens with zero attached hydrogens (tertiary/aromatic N) is 1. The third-order valence-corrected chi connectivity index (χ3v) is 6.30. The van der Waals surface area contributed by atoms with E-state index in [1.54, 1.807) is 18.2 Å². The van der Waals surface area contributed by atoms with Crippen molar-refractivity contribution in [1.82, 2.24) is 10.2 Å². The maximum Gasteiger partial charge on any atom is 0.255 e. The van der Waals surface area contributed by atoms with Crippen LogP contribution in [0.4, 0.5) is 0 Å². The van der Waals surface area contributed by atoms with Crippen molar-refractivity contribution in [2.24, 2.45) is 0 Å². The summed E-state index contributed by atoms with van der Waals surface area (Å²) in [5, 5.41) is 14.7. The van der Waals surface area contributed by atoms with Crippen molar-refractivity contribution in [2.75, 3.05) is 33.4 Å². The molecular formula is C20H29ClN2O4. The van der Waals surface area contributed by atoms with Gasteiger partial charge in [-0.2, -0.15) is 0 Å². The molecule has 2 aliphatic rings. The predicted molar refractivity (Wildman–Crippen MR) is 105 cm³/mol. The first kappa shape index (κ1) is 20.4. The number of hydrogen-bond donors (Lipinski definition) is 2. The Balaban J connectivity index is 1.79. The molecule has 2 heterocycles. The number of ether oxygens (including phenoxy) is 2. The van der Waals surface area contributed by atoms with E-state index in [9.17, 15) is 9.90 Å². The molecule has 0 aliphatic carbocycles. The molecule has 0 bridgehead atoms. The van der Waals surface area contributed by atoms with Gasteiger partial charge in [-0.1, -0.05) is 18.5 Å². The van der Waals surface area contributed by atoms with E-state index in [1.807, 2.05) is 6.92 Å². The SMILES string of the molecule is CCN1CCC2(CC1)OCC[C@](C)(NC(=O)c1cc(Cl)ccc1OC)[C@H]2O. The van der Waals surface area contributed by atoms with Crippen molar-refractivity contribution in [3.05, 3.63) is 28.8 Å². The topological polar surface area (TPSA) is 71.0 Å². The summed E-state index contributed by atoms with van der Waals surface area (Å²) in [5.41, 5.74) is -1.03. The fraction of sp³-hybridized carbons (Fsp3) is 0.650. The van der Waals surface area contributed by atoms with Gasteiger partial charge >= 0.3 is 0 Å². The van der Waals surface area contributed by atoms with Crippen molar-refractivity contribution in [3.8, 4) is 5.75 Å². The quantitative estimate of drug-likeness (QED) is 0.818. The van der Waals surface area contributed by atoms with Crippen LogP contribution in [0.1, 0.15) is 43.5 Å². The monoisotopic (exact) mass is 396 g/mol. The molecule has 0 unspecified atom stereocenters. The lowest BCUT2D eigenvalue weighted by Gasteiger charge is -2.53. The number of hydrogen-bond acceptors (Lipinski definition) is 5. The number of aliphatic hydroxyl groups is 1. The highest BCUT2D eigenvalue weighted by Gasteiger charge is 2.53. The van der Waals surface area contributed by atoms with Crippen molar-refractivity contribution < 1.29 is 19.4 Å². The highest BCUT2D eigenvalue weighted by molar-refractivity contribution is 6.31. The fourth-order valence-electron chi connectivity index (χ4n) is 4.24. The number of nitrogens with one attached hydrogen (secondary N) is 1. The van der Waals surface area contributed by atoms with Crippen LogP contribution in [0.3, 0.4) is 0 Å². The van der Waals surface area contributed by atoms with Crippen LogP contribution in [0.2, 0.25) is 5.02 Å². The zero-order chi connectivity index (χ0) is 19.7. The van der Waals surface area contributed by atoms with Crippen LogP contribution >= 0.6 is 11.6 Å². The molecule has 1 aromatic carbocycles. The third kappa shape index (κ3) is 3.94. The van der Waals surface area contributed by atoms with E-state index in [1.165, 1.54) is 7.11 Å². The first-order valence-corrected chi connectivity index (χ1v) is 9.92. The number of piperidine rings is 1. The zero-order valence-corrected chi connectivity index (χ0v) is 17.0. The first-order valence-electron chi connectivity index (χ1n) is 9.54. The summed E-state index contributed by atoms with van der Waals surface area (Å²) in [6, 6.07) is 4.93. The van der Waals surface area contributed by atoms with Crippen LogP contribution in [0.25, 0.3) is 0 Å². The second kappa shape index (κ2) is 7.95. The van der Waals surface area contributed by atoms with Gasteiger partial charge in [0.05, 0.1) is 23.8 Å². The average molecular weight is 397 g/mol. The molecule has 2 aliphatic heterocycles. The minimum atomic E-state index is -0.785. The number of carbonyl (C=O) groups excluding carboxylic acids is 1. The molecule has 2 atom stereocenters. The molecular weight excluding hydrogens is 368 g/mol. The molecule has 27 heavy (non-hydrogen) atoms. The Kier molecular flexibility index (Phi) is 6.01. The lowest BCUT2D eigenvalue weighted by Crippen LogP contribution is -2.69. The molecule has 1 amide bonds. The molecule has 0 radical (unpaired) electrons. The van der Waals surface area contributed by atoms with E-state index in [0.717, 1.165) is 32.5 Å². The lowest BCUT2D eigenvalue weighted by molar-refractivity contribution is -0.205. The Morgan fingerprint density at radius 3 is 2.74 bits per heavy atom. The summed E-state index contributed by atoms with van der Waals surface area (Å²) in [6.07, 6.45) is 1.27. The Morgan fingerprint density at radius 1 is 1.41 bits per heavy atom. The van der Waals surface area contributed by atoms with Crippen molar-refractivity contribution in [1.29, 1.82) is 0 Å². The van der Waals surface area contributed by atoms with Gasteiger partial charge in [-0.25, -0.2) is 0 Å². The molecule has 1 spiro atoms. The second-order valence-electron chi connectivity index (χ2n) is 7.72. The normalized spacial score (nSPS) is 28.1. The van der Waals surface area contributed by atoms with Crippen LogP contribution in [-0.2, 0) is 4.74 Å². The molecule has 1 aromatic rings. The molecule has 2 N–H and O–H groups in total. The number of benzene rings is 1. The number of halogens is 1. The smallest absolute Gasteiger partial charge is 0.255 e. The summed E-state index contributed by atoms with van der Waals surface area (Å²) >= 11 is 6.06. The van der Waals surface area contributed by atoms with Crippen LogP contribution in [0.15, 0.2) is 18.2 Å². The molecule has 0 saturated carbocycles. The van der Waals surface area contributed by atoms with E-state index >= 15 is 0 Å². The summed E-state index contributed by atoms with van der Waals surface area (Å²) in [7, 11) is 1.52. The van der Waals surface area contributed by atoms with Gasteiger partial charge in [0.15, 0.2) is 0 Å². The lowest BCUT2D eigenvalue weighted by atomic mass is 9.73. The maximum atomic E-state index is 13.0. The molecule has 3 rings (SSSR count). The van der Waals surface area contributed by atoms with E-state index < -0.39 is 17.2 Å². The van der Waals surface area contributed by atoms with Crippen molar-refractivity contribution in [3.63, 3.8) is 0 Å². The Labute approximate surface area is 165 Å². The van der Waals surface area contributed by atoms with Gasteiger partial charge < -0.3 is 24.8 Å². The summed E-state index contributed by atoms with van der Waals surface area (Å²) in [6.45, 7) is 7.31. The number of carbonyl (C=O) groups is 1. The molecule has 2 saturated heterocycles. The minimum Gasteiger partial charge on any atom is -0.496 e. The predicted octanol–water partition coefficient (Wildman–Crippen LogP) is 2.47. The van der Waals surface area contributed by atoms with Crippen molar-refractivity contribution in [2.45, 2.75) is 50.4 Å². The number of rotatable bonds is 4. The Morgan fingerprint density at radius 2 is 2.11 bits per heavy atom. The Hall–Kier alpha value is -1.34. The van der Waals surface area contributed by atoms with Crippen LogP contribution in [0, 0.1) is 0 Å². The number of methoxy groups -OCH3 is 1. The van der Waals surface area contributed by atoms with Crippen LogP contribution < -0.4 is 10.1 Å². The summed E-state index contributed by atoms with van der Waals surface area (Å²) in [5.74, 6) is 0.145. The zero-order valence-electron chi connectivity index (χ0n) is 16.3. The number of likely N-dealkylation sites (tertiary alicyclic amines) is 1. The van der Waals surface area contributed by atoms with Gasteiger partial charge in [-0.05, 0) is 50.9 Å². The van der Waals surface area contributed by atoms with E-state index in [0.29, 0.717) is 29.4 Å². The van der Waals surface area contributed by atoms with Gasteiger partial charge in [-0.3, -0.25) is 4.79 Å². The molecule has 6 nitrogen and oxygen atoms in total. The van der Waals surface area contributed by atoms with E-state index in [2.05, 4.69) is 17.1 Å². The first-order chi connectivity index (χ1) is 12.8. The average Bonchev–Trinajstić information content (AvgIpc) is 2.67. The molecule has 150 valence electrons. The van der Waals surface area contributed by atoms with Gasteiger partial charge in [0.2, 0.25) is 0 Å². The third-order valence-electron chi connectivity index (χ3n) is 6.07. The van der Waals surface area contributed by atoms with E-state index in [-0.39, 0.29) is 5.91 Å². The fourth-order valence-corrected chi connectivity index (χ4v) is 4.42. The maximum absolute atomic E-state index is 13.0. The summed E-state index contributed by atoms with van der Waals surface area (Å²) in [4.78, 5) is 15.3. The minimum absolute atomic E-state index is 0.307. The van der Waals surface area contributed by atoms with E-state index in [4.69, 9.17) is 21.1 Å². The van der Waals surface area contributed by atoms with Crippen LogP contribution in [-0.4, -0.2) is 66.5 Å². The van der Waals surface area contributed by atoms with Gasteiger partial charge in [0.25, 0.3) is 5.91 Å². The largest absolute Gasteiger partial charge is 0.496 e. The number of aliphatic hydroxyl groups excluding tert-OH is 1. The number of amides is 1. The molecule has 7 heteroatoms. The second-order valence-corrected chi connectivity index (χ2v) is 8.15. The van der Waals surface area contributed by atoms with Crippen molar-refractivity contribution >= 4 is 17.5 Å². The Bertz CT molecular complexity index is 691. The van der Waals surface area contributed by atoms with Gasteiger partial charge in [-0.15, -0.1) is 0 Å². The standard InChI is InChI=1S/C20H29ClN2O4/c1-4-23-10-7-20(8-11-23)18(25)19(2,9-12-27-20)22-17(24)15-13-14(21)5-6-16(15)26-3/h5-6,13,18,25H,4,7-12H2,1-3H3,(H,22,24)/t18-,19+/m1/s1. The highest BCUT2D eigenvalue weighted by atomic mass is 35.5. The highest BCUT2D eigenvalue weighted by Crippen LogP contribution is 2.40.